The summed E-state index contributed by atoms with van der Waals surface area (Å²) in [6.07, 6.45) is 51.5. The van der Waals surface area contributed by atoms with E-state index in [9.17, 15) is 15.0 Å². The Hall–Kier alpha value is -1.39. The molecule has 0 fully saturated rings. The first-order valence-corrected chi connectivity index (χ1v) is 20.7. The molecule has 47 heavy (non-hydrogen) atoms. The Kier molecular flexibility index (Phi) is 37.9. The highest BCUT2D eigenvalue weighted by Crippen LogP contribution is 2.15. The molecule has 0 rings (SSSR count). The van der Waals surface area contributed by atoms with Crippen LogP contribution in [0.5, 0.6) is 0 Å². The minimum atomic E-state index is -0.864. The Labute approximate surface area is 293 Å². The first-order valence-electron chi connectivity index (χ1n) is 20.7. The van der Waals surface area contributed by atoms with E-state index in [0.29, 0.717) is 6.42 Å². The summed E-state index contributed by atoms with van der Waals surface area (Å²) in [5, 5.41) is 22.7. The van der Waals surface area contributed by atoms with Crippen LogP contribution in [0.4, 0.5) is 0 Å². The van der Waals surface area contributed by atoms with Crippen molar-refractivity contribution >= 4 is 5.91 Å². The molecule has 0 spiro atoms. The lowest BCUT2D eigenvalue weighted by atomic mass is 10.0. The summed E-state index contributed by atoms with van der Waals surface area (Å²) in [4.78, 5) is 12.1. The quantitative estimate of drug-likeness (QED) is 0.0459. The zero-order valence-electron chi connectivity index (χ0n) is 31.5. The number of carbonyl (C=O) groups is 1. The molecule has 0 bridgehead atoms. The predicted octanol–water partition coefficient (Wildman–Crippen LogP) is 12.6. The molecule has 0 aromatic heterocycles. The third kappa shape index (κ3) is 35.7. The van der Waals surface area contributed by atoms with Crippen molar-refractivity contribution in [3.05, 3.63) is 36.5 Å². The molecule has 0 aliphatic rings. The highest BCUT2D eigenvalue weighted by molar-refractivity contribution is 5.76. The molecule has 0 aromatic carbocycles. The molecule has 2 unspecified atom stereocenters. The topological polar surface area (TPSA) is 69.6 Å². The molecule has 276 valence electrons. The van der Waals surface area contributed by atoms with E-state index >= 15 is 0 Å². The maximum Gasteiger partial charge on any atom is 0.220 e. The standard InChI is InChI=1S/C43H81NO3/c1-3-5-7-9-11-12-13-14-15-16-17-18-19-20-21-22-23-24-25-26-27-28-29-30-31-32-33-34-36-38-42(46)41(40-45)44-43(47)39-37-35-10-8-6-4-2/h27-28,31-32,36,38,41-42,45-46H,3-26,29-30,33-35,37,39-40H2,1-2H3,(H,44,47)/b28-27+,32-31+,38-36+. The van der Waals surface area contributed by atoms with Crippen molar-refractivity contribution in [2.24, 2.45) is 0 Å². The summed E-state index contributed by atoms with van der Waals surface area (Å²) in [7, 11) is 0. The van der Waals surface area contributed by atoms with Gasteiger partial charge in [-0.05, 0) is 44.9 Å². The van der Waals surface area contributed by atoms with E-state index in [0.717, 1.165) is 38.5 Å². The van der Waals surface area contributed by atoms with E-state index in [-0.39, 0.29) is 12.5 Å². The maximum absolute atomic E-state index is 12.1. The van der Waals surface area contributed by atoms with Crippen molar-refractivity contribution in [3.63, 3.8) is 0 Å². The molecule has 0 saturated heterocycles. The van der Waals surface area contributed by atoms with Crippen molar-refractivity contribution in [1.82, 2.24) is 5.32 Å². The number of hydrogen-bond donors (Lipinski definition) is 3. The summed E-state index contributed by atoms with van der Waals surface area (Å²) in [5.41, 5.74) is 0. The molecule has 4 heteroatoms. The molecule has 2 atom stereocenters. The Morgan fingerprint density at radius 2 is 0.830 bits per heavy atom. The number of amides is 1. The molecule has 0 aliphatic heterocycles. The van der Waals surface area contributed by atoms with Gasteiger partial charge < -0.3 is 15.5 Å². The Morgan fingerprint density at radius 3 is 1.23 bits per heavy atom. The smallest absolute Gasteiger partial charge is 0.220 e. The number of carbonyl (C=O) groups excluding carboxylic acids is 1. The van der Waals surface area contributed by atoms with E-state index in [4.69, 9.17) is 0 Å². The third-order valence-corrected chi connectivity index (χ3v) is 9.35. The van der Waals surface area contributed by atoms with Gasteiger partial charge in [0, 0.05) is 6.42 Å². The van der Waals surface area contributed by atoms with Crippen molar-refractivity contribution in [2.45, 2.75) is 225 Å². The van der Waals surface area contributed by atoms with Gasteiger partial charge in [-0.1, -0.05) is 198 Å². The Bertz CT molecular complexity index is 716. The van der Waals surface area contributed by atoms with Gasteiger partial charge >= 0.3 is 0 Å². The van der Waals surface area contributed by atoms with Crippen molar-refractivity contribution in [1.29, 1.82) is 0 Å². The van der Waals surface area contributed by atoms with Crippen LogP contribution in [0.1, 0.15) is 213 Å². The van der Waals surface area contributed by atoms with Crippen molar-refractivity contribution < 1.29 is 15.0 Å². The Morgan fingerprint density at radius 1 is 0.489 bits per heavy atom. The fourth-order valence-corrected chi connectivity index (χ4v) is 6.15. The fourth-order valence-electron chi connectivity index (χ4n) is 6.15. The normalized spacial score (nSPS) is 13.4. The van der Waals surface area contributed by atoms with Crippen LogP contribution in [0.2, 0.25) is 0 Å². The molecule has 0 heterocycles. The van der Waals surface area contributed by atoms with Gasteiger partial charge in [0.15, 0.2) is 0 Å². The average molecular weight is 660 g/mol. The van der Waals surface area contributed by atoms with Gasteiger partial charge in [-0.15, -0.1) is 0 Å². The molecule has 0 radical (unpaired) electrons. The second-order valence-corrected chi connectivity index (χ2v) is 14.0. The van der Waals surface area contributed by atoms with Crippen LogP contribution in [0, 0.1) is 0 Å². The van der Waals surface area contributed by atoms with E-state index in [1.165, 1.54) is 154 Å². The minimum Gasteiger partial charge on any atom is -0.394 e. The van der Waals surface area contributed by atoms with Crippen LogP contribution in [-0.4, -0.2) is 34.9 Å². The van der Waals surface area contributed by atoms with Gasteiger partial charge in [0.2, 0.25) is 5.91 Å². The largest absolute Gasteiger partial charge is 0.394 e. The van der Waals surface area contributed by atoms with Gasteiger partial charge in [0.05, 0.1) is 18.8 Å². The lowest BCUT2D eigenvalue weighted by Crippen LogP contribution is -2.45. The third-order valence-electron chi connectivity index (χ3n) is 9.35. The Balaban J connectivity index is 3.51. The van der Waals surface area contributed by atoms with Crippen LogP contribution >= 0.6 is 0 Å². The summed E-state index contributed by atoms with van der Waals surface area (Å²) < 4.78 is 0. The molecule has 0 aliphatic carbocycles. The first-order chi connectivity index (χ1) is 23.2. The predicted molar refractivity (Wildman–Crippen MR) is 207 cm³/mol. The summed E-state index contributed by atoms with van der Waals surface area (Å²) in [6.45, 7) is 4.23. The number of rotatable bonds is 37. The zero-order valence-corrected chi connectivity index (χ0v) is 31.5. The van der Waals surface area contributed by atoms with Gasteiger partial charge in [0.1, 0.15) is 0 Å². The molecule has 0 aromatic rings. The van der Waals surface area contributed by atoms with Crippen LogP contribution < -0.4 is 5.32 Å². The molecular weight excluding hydrogens is 578 g/mol. The minimum absolute atomic E-state index is 0.0884. The number of hydrogen-bond acceptors (Lipinski definition) is 3. The van der Waals surface area contributed by atoms with Gasteiger partial charge in [-0.2, -0.15) is 0 Å². The van der Waals surface area contributed by atoms with Crippen LogP contribution in [0.15, 0.2) is 36.5 Å². The maximum atomic E-state index is 12.1. The monoisotopic (exact) mass is 660 g/mol. The zero-order chi connectivity index (χ0) is 34.3. The summed E-state index contributed by atoms with van der Waals surface area (Å²) in [6, 6.07) is -0.639. The van der Waals surface area contributed by atoms with Crippen molar-refractivity contribution in [3.8, 4) is 0 Å². The summed E-state index contributed by atoms with van der Waals surface area (Å²) in [5.74, 6) is -0.0884. The van der Waals surface area contributed by atoms with Crippen molar-refractivity contribution in [2.75, 3.05) is 6.61 Å². The second-order valence-electron chi connectivity index (χ2n) is 14.0. The number of allylic oxidation sites excluding steroid dienone is 5. The highest BCUT2D eigenvalue weighted by Gasteiger charge is 2.17. The van der Waals surface area contributed by atoms with Gasteiger partial charge in [-0.25, -0.2) is 0 Å². The van der Waals surface area contributed by atoms with E-state index in [1.54, 1.807) is 6.08 Å². The fraction of sp³-hybridized carbons (Fsp3) is 0.837. The average Bonchev–Trinajstić information content (AvgIpc) is 3.07. The molecule has 1 amide bonds. The molecule has 4 nitrogen and oxygen atoms in total. The van der Waals surface area contributed by atoms with Gasteiger partial charge in [0.25, 0.3) is 0 Å². The van der Waals surface area contributed by atoms with Crippen LogP contribution in [0.25, 0.3) is 0 Å². The number of unbranched alkanes of at least 4 members (excludes halogenated alkanes) is 26. The highest BCUT2D eigenvalue weighted by atomic mass is 16.3. The number of aliphatic hydroxyl groups excluding tert-OH is 2. The first kappa shape index (κ1) is 45.6. The van der Waals surface area contributed by atoms with E-state index in [2.05, 4.69) is 43.5 Å². The lowest BCUT2D eigenvalue weighted by molar-refractivity contribution is -0.123. The summed E-state index contributed by atoms with van der Waals surface area (Å²) >= 11 is 0. The molecule has 0 saturated carbocycles. The van der Waals surface area contributed by atoms with Gasteiger partial charge in [-0.3, -0.25) is 4.79 Å². The second kappa shape index (κ2) is 39.1. The molecular formula is C43H81NO3. The lowest BCUT2D eigenvalue weighted by Gasteiger charge is -2.19. The van der Waals surface area contributed by atoms with E-state index < -0.39 is 12.1 Å². The number of aliphatic hydroxyl groups is 2. The number of nitrogens with one attached hydrogen (secondary N) is 1. The van der Waals surface area contributed by atoms with Crippen LogP contribution in [-0.2, 0) is 4.79 Å². The van der Waals surface area contributed by atoms with Crippen LogP contribution in [0.3, 0.4) is 0 Å². The molecule has 3 N–H and O–H groups in total. The SMILES string of the molecule is CCCCCCCCCCCCCCCCCCCCC/C=C/CC/C=C/CC/C=C/C(O)C(CO)NC(=O)CCCCCCCC. The van der Waals surface area contributed by atoms with E-state index in [1.807, 2.05) is 6.08 Å².